The van der Waals surface area contributed by atoms with E-state index >= 15 is 0 Å². The van der Waals surface area contributed by atoms with Gasteiger partial charge in [0.1, 0.15) is 0 Å². The molecule has 0 unspecified atom stereocenters. The van der Waals surface area contributed by atoms with E-state index in [-0.39, 0.29) is 5.84 Å². The summed E-state index contributed by atoms with van der Waals surface area (Å²) in [5.74, 6) is 0.896. The van der Waals surface area contributed by atoms with E-state index in [9.17, 15) is 0 Å². The average Bonchev–Trinajstić information content (AvgIpc) is 2.48. The Kier molecular flexibility index (Phi) is 3.84. The van der Waals surface area contributed by atoms with Crippen LogP contribution in [0.4, 0.5) is 11.5 Å². The van der Waals surface area contributed by atoms with Gasteiger partial charge in [-0.3, -0.25) is 4.98 Å². The van der Waals surface area contributed by atoms with Crippen molar-refractivity contribution in [1.29, 1.82) is 0 Å². The molecule has 2 rings (SSSR count). The topological polar surface area (TPSA) is 87.6 Å². The SMILES string of the molecule is Cc1cnc(C)c(N(C)c2ccc(C(N)=NO)cc2)n1. The molecule has 3 N–H and O–H groups in total. The van der Waals surface area contributed by atoms with Crippen molar-refractivity contribution in [2.45, 2.75) is 13.8 Å². The highest BCUT2D eigenvalue weighted by atomic mass is 16.4. The van der Waals surface area contributed by atoms with Crippen molar-refractivity contribution in [3.05, 3.63) is 47.4 Å². The number of rotatable bonds is 3. The molecule has 6 nitrogen and oxygen atoms in total. The first-order chi connectivity index (χ1) is 9.52. The van der Waals surface area contributed by atoms with E-state index in [4.69, 9.17) is 10.9 Å². The van der Waals surface area contributed by atoms with Crippen LogP contribution in [0.25, 0.3) is 0 Å². The molecule has 0 saturated heterocycles. The maximum Gasteiger partial charge on any atom is 0.170 e. The van der Waals surface area contributed by atoms with Gasteiger partial charge in [0.25, 0.3) is 0 Å². The quantitative estimate of drug-likeness (QED) is 0.385. The molecular formula is C14H17N5O. The van der Waals surface area contributed by atoms with E-state index in [1.165, 1.54) is 0 Å². The lowest BCUT2D eigenvalue weighted by Crippen LogP contribution is -2.16. The summed E-state index contributed by atoms with van der Waals surface area (Å²) >= 11 is 0. The third-order valence-corrected chi connectivity index (χ3v) is 3.03. The smallest absolute Gasteiger partial charge is 0.170 e. The Labute approximate surface area is 117 Å². The van der Waals surface area contributed by atoms with Crippen molar-refractivity contribution in [3.63, 3.8) is 0 Å². The zero-order chi connectivity index (χ0) is 14.7. The fourth-order valence-electron chi connectivity index (χ4n) is 1.88. The Bertz CT molecular complexity index is 637. The van der Waals surface area contributed by atoms with Gasteiger partial charge in [0.2, 0.25) is 0 Å². The minimum absolute atomic E-state index is 0.0886. The van der Waals surface area contributed by atoms with Gasteiger partial charge in [-0.15, -0.1) is 0 Å². The molecule has 0 fully saturated rings. The Morgan fingerprint density at radius 2 is 1.90 bits per heavy atom. The first-order valence-corrected chi connectivity index (χ1v) is 6.15. The Morgan fingerprint density at radius 3 is 2.50 bits per heavy atom. The second kappa shape index (κ2) is 5.56. The molecule has 0 bridgehead atoms. The van der Waals surface area contributed by atoms with Crippen LogP contribution in [0.3, 0.4) is 0 Å². The van der Waals surface area contributed by atoms with Crippen molar-refractivity contribution >= 4 is 17.3 Å². The molecule has 0 aliphatic heterocycles. The van der Waals surface area contributed by atoms with Crippen molar-refractivity contribution < 1.29 is 5.21 Å². The largest absolute Gasteiger partial charge is 0.409 e. The van der Waals surface area contributed by atoms with E-state index < -0.39 is 0 Å². The van der Waals surface area contributed by atoms with Crippen LogP contribution in [-0.2, 0) is 0 Å². The fraction of sp³-hybridized carbons (Fsp3) is 0.214. The highest BCUT2D eigenvalue weighted by Gasteiger charge is 2.10. The lowest BCUT2D eigenvalue weighted by atomic mass is 10.2. The van der Waals surface area contributed by atoms with E-state index in [1.807, 2.05) is 37.9 Å². The lowest BCUT2D eigenvalue weighted by molar-refractivity contribution is 0.318. The van der Waals surface area contributed by atoms with Crippen LogP contribution in [-0.4, -0.2) is 28.1 Å². The predicted octanol–water partition coefficient (Wildman–Crippen LogP) is 1.96. The van der Waals surface area contributed by atoms with Crippen molar-refractivity contribution in [3.8, 4) is 0 Å². The highest BCUT2D eigenvalue weighted by Crippen LogP contribution is 2.24. The van der Waals surface area contributed by atoms with Gasteiger partial charge in [0.05, 0.1) is 11.4 Å². The minimum atomic E-state index is 0.0886. The fourth-order valence-corrected chi connectivity index (χ4v) is 1.88. The van der Waals surface area contributed by atoms with Crippen molar-refractivity contribution in [2.24, 2.45) is 10.9 Å². The first-order valence-electron chi connectivity index (χ1n) is 6.15. The molecule has 20 heavy (non-hydrogen) atoms. The van der Waals surface area contributed by atoms with Crippen LogP contribution < -0.4 is 10.6 Å². The average molecular weight is 271 g/mol. The second-order valence-electron chi connectivity index (χ2n) is 4.51. The molecule has 2 aromatic rings. The Balaban J connectivity index is 2.34. The Hall–Kier alpha value is -2.63. The molecular weight excluding hydrogens is 254 g/mol. The summed E-state index contributed by atoms with van der Waals surface area (Å²) in [6.45, 7) is 3.83. The highest BCUT2D eigenvalue weighted by molar-refractivity contribution is 5.97. The molecule has 0 atom stereocenters. The number of oxime groups is 1. The maximum absolute atomic E-state index is 8.65. The van der Waals surface area contributed by atoms with Crippen LogP contribution in [0.2, 0.25) is 0 Å². The van der Waals surface area contributed by atoms with Gasteiger partial charge >= 0.3 is 0 Å². The third kappa shape index (κ3) is 2.69. The number of anilines is 2. The first kappa shape index (κ1) is 13.8. The summed E-state index contributed by atoms with van der Waals surface area (Å²) in [5, 5.41) is 11.6. The number of nitrogens with two attached hydrogens (primary N) is 1. The summed E-state index contributed by atoms with van der Waals surface area (Å²) in [4.78, 5) is 10.8. The standard InChI is InChI=1S/C14H17N5O/c1-9-8-16-10(2)14(17-9)19(3)12-6-4-11(5-7-12)13(15)18-20/h4-8,20H,1-3H3,(H2,15,18). The third-order valence-electron chi connectivity index (χ3n) is 3.03. The van der Waals surface area contributed by atoms with Gasteiger partial charge in [-0.25, -0.2) is 4.98 Å². The van der Waals surface area contributed by atoms with Crippen LogP contribution in [0, 0.1) is 13.8 Å². The van der Waals surface area contributed by atoms with Crippen LogP contribution in [0.5, 0.6) is 0 Å². The molecule has 0 aliphatic rings. The number of benzene rings is 1. The van der Waals surface area contributed by atoms with Gasteiger partial charge in [-0.05, 0) is 38.1 Å². The van der Waals surface area contributed by atoms with Crippen LogP contribution in [0.1, 0.15) is 17.0 Å². The summed E-state index contributed by atoms with van der Waals surface area (Å²) in [6.07, 6.45) is 1.74. The zero-order valence-electron chi connectivity index (χ0n) is 11.7. The molecule has 6 heteroatoms. The number of aromatic nitrogens is 2. The summed E-state index contributed by atoms with van der Waals surface area (Å²) in [6, 6.07) is 7.35. The van der Waals surface area contributed by atoms with Crippen LogP contribution in [0.15, 0.2) is 35.6 Å². The molecule has 0 amide bonds. The summed E-state index contributed by atoms with van der Waals surface area (Å²) < 4.78 is 0. The van der Waals surface area contributed by atoms with Gasteiger partial charge in [0, 0.05) is 24.5 Å². The summed E-state index contributed by atoms with van der Waals surface area (Å²) in [7, 11) is 1.93. The monoisotopic (exact) mass is 271 g/mol. The van der Waals surface area contributed by atoms with Gasteiger partial charge < -0.3 is 15.8 Å². The van der Waals surface area contributed by atoms with Gasteiger partial charge in [0.15, 0.2) is 11.7 Å². The molecule has 1 aromatic carbocycles. The molecule has 0 spiro atoms. The summed E-state index contributed by atoms with van der Waals surface area (Å²) in [5.41, 5.74) is 8.88. The minimum Gasteiger partial charge on any atom is -0.409 e. The Morgan fingerprint density at radius 1 is 1.25 bits per heavy atom. The molecule has 0 aliphatic carbocycles. The predicted molar refractivity (Wildman–Crippen MR) is 78.5 cm³/mol. The normalized spacial score (nSPS) is 11.4. The molecule has 0 saturated carbocycles. The molecule has 1 heterocycles. The van der Waals surface area contributed by atoms with E-state index in [0.29, 0.717) is 5.56 Å². The van der Waals surface area contributed by atoms with Gasteiger partial charge in [-0.1, -0.05) is 5.16 Å². The van der Waals surface area contributed by atoms with E-state index in [2.05, 4.69) is 15.1 Å². The van der Waals surface area contributed by atoms with E-state index in [1.54, 1.807) is 18.3 Å². The van der Waals surface area contributed by atoms with Gasteiger partial charge in [-0.2, -0.15) is 0 Å². The van der Waals surface area contributed by atoms with Crippen LogP contribution >= 0.6 is 0 Å². The number of nitrogens with zero attached hydrogens (tertiary/aromatic N) is 4. The molecule has 0 radical (unpaired) electrons. The second-order valence-corrected chi connectivity index (χ2v) is 4.51. The maximum atomic E-state index is 8.65. The van der Waals surface area contributed by atoms with E-state index in [0.717, 1.165) is 22.9 Å². The van der Waals surface area contributed by atoms with Crippen molar-refractivity contribution in [2.75, 3.05) is 11.9 Å². The molecule has 104 valence electrons. The number of aryl methyl sites for hydroxylation is 2. The number of hydrogen-bond donors (Lipinski definition) is 2. The van der Waals surface area contributed by atoms with Crippen molar-refractivity contribution in [1.82, 2.24) is 9.97 Å². The number of hydrogen-bond acceptors (Lipinski definition) is 5. The number of amidine groups is 1. The lowest BCUT2D eigenvalue weighted by Gasteiger charge is -2.20. The zero-order valence-corrected chi connectivity index (χ0v) is 11.7. The molecule has 1 aromatic heterocycles.